The molecular weight excluding hydrogens is 282 g/mol. The van der Waals surface area contributed by atoms with Crippen LogP contribution in [0.2, 0.25) is 0 Å². The number of imidazole rings is 1. The molecule has 0 saturated carbocycles. The number of aryl methyl sites for hydroxylation is 1. The van der Waals surface area contributed by atoms with E-state index in [9.17, 15) is 8.42 Å². The predicted molar refractivity (Wildman–Crippen MR) is 76.6 cm³/mol. The Morgan fingerprint density at radius 2 is 2.21 bits per heavy atom. The highest BCUT2D eigenvalue weighted by Crippen LogP contribution is 2.33. The number of pyridine rings is 1. The Morgan fingerprint density at radius 1 is 1.47 bits per heavy atom. The van der Waals surface area contributed by atoms with Crippen LogP contribution < -0.4 is 0 Å². The van der Waals surface area contributed by atoms with E-state index in [1.807, 2.05) is 30.5 Å². The van der Waals surface area contributed by atoms with Crippen LogP contribution >= 0.6 is 12.2 Å². The zero-order valence-corrected chi connectivity index (χ0v) is 12.4. The van der Waals surface area contributed by atoms with Crippen molar-refractivity contribution in [2.45, 2.75) is 25.8 Å². The number of H-pyrrole nitrogens is 1. The topological polar surface area (TPSA) is 67.8 Å². The van der Waals surface area contributed by atoms with Crippen LogP contribution in [0.5, 0.6) is 0 Å². The maximum absolute atomic E-state index is 11.8. The van der Waals surface area contributed by atoms with Gasteiger partial charge in [-0.05, 0) is 44.6 Å². The molecule has 19 heavy (non-hydrogen) atoms. The maximum Gasteiger partial charge on any atom is 0.179 e. The monoisotopic (exact) mass is 297 g/mol. The van der Waals surface area contributed by atoms with Gasteiger partial charge in [0, 0.05) is 5.69 Å². The summed E-state index contributed by atoms with van der Waals surface area (Å²) in [5, 5.41) is 0. The highest BCUT2D eigenvalue weighted by atomic mass is 32.2. The van der Waals surface area contributed by atoms with Crippen LogP contribution in [-0.4, -0.2) is 34.5 Å². The number of sulfone groups is 1. The van der Waals surface area contributed by atoms with Gasteiger partial charge in [-0.2, -0.15) is 0 Å². The van der Waals surface area contributed by atoms with Gasteiger partial charge in [-0.3, -0.25) is 4.57 Å². The van der Waals surface area contributed by atoms with E-state index in [1.165, 1.54) is 0 Å². The van der Waals surface area contributed by atoms with Crippen LogP contribution in [-0.2, 0) is 15.4 Å². The van der Waals surface area contributed by atoms with Crippen molar-refractivity contribution in [1.29, 1.82) is 0 Å². The molecule has 0 amide bonds. The van der Waals surface area contributed by atoms with Crippen molar-refractivity contribution in [3.05, 3.63) is 22.6 Å². The average molecular weight is 297 g/mol. The third-order valence-electron chi connectivity index (χ3n) is 3.69. The summed E-state index contributed by atoms with van der Waals surface area (Å²) in [6.45, 7) is 3.85. The molecule has 2 aromatic heterocycles. The first kappa shape index (κ1) is 12.8. The quantitative estimate of drug-likeness (QED) is 0.817. The molecule has 3 heterocycles. The predicted octanol–water partition coefficient (Wildman–Crippen LogP) is 1.94. The van der Waals surface area contributed by atoms with E-state index in [2.05, 4.69) is 9.97 Å². The van der Waals surface area contributed by atoms with Gasteiger partial charge in [0.05, 0.1) is 22.6 Å². The lowest BCUT2D eigenvalue weighted by molar-refractivity contribution is 0.370. The summed E-state index contributed by atoms with van der Waals surface area (Å²) >= 11 is 5.35. The van der Waals surface area contributed by atoms with Gasteiger partial charge in [0.25, 0.3) is 0 Å². The molecule has 0 bridgehead atoms. The molecule has 1 atom stereocenters. The number of nitrogens with zero attached hydrogens (tertiary/aromatic N) is 2. The lowest BCUT2D eigenvalue weighted by Gasteiger charge is -2.24. The van der Waals surface area contributed by atoms with Crippen molar-refractivity contribution in [2.24, 2.45) is 0 Å². The zero-order valence-electron chi connectivity index (χ0n) is 10.8. The van der Waals surface area contributed by atoms with E-state index in [0.717, 1.165) is 16.9 Å². The Hall–Kier alpha value is -1.21. The number of nitrogens with one attached hydrogen (secondary N) is 1. The van der Waals surface area contributed by atoms with Gasteiger partial charge in [0.1, 0.15) is 0 Å². The number of aromatic nitrogens is 3. The Labute approximate surface area is 116 Å². The SMILES string of the molecule is Cc1ccc2[nH]c(=S)n(C3(C)CCS(=O)(=O)C3)c2n1. The number of hydrogen-bond donors (Lipinski definition) is 1. The molecule has 0 aromatic carbocycles. The number of fused-ring (bicyclic) bond motifs is 1. The lowest BCUT2D eigenvalue weighted by Crippen LogP contribution is -2.31. The Kier molecular flexibility index (Phi) is 2.62. The van der Waals surface area contributed by atoms with Crippen molar-refractivity contribution in [1.82, 2.24) is 14.5 Å². The number of rotatable bonds is 1. The third-order valence-corrected chi connectivity index (χ3v) is 5.87. The molecular formula is C12H15N3O2S2. The molecule has 5 nitrogen and oxygen atoms in total. The molecule has 7 heteroatoms. The smallest absolute Gasteiger partial charge is 0.179 e. The molecule has 1 unspecified atom stereocenters. The first-order chi connectivity index (χ1) is 8.81. The second-order valence-corrected chi connectivity index (χ2v) is 8.00. The van der Waals surface area contributed by atoms with E-state index < -0.39 is 15.4 Å². The second-order valence-electron chi connectivity index (χ2n) is 5.43. The Balaban J connectivity index is 2.29. The highest BCUT2D eigenvalue weighted by Gasteiger charge is 2.41. The molecule has 1 aliphatic rings. The fourth-order valence-electron chi connectivity index (χ4n) is 2.75. The van der Waals surface area contributed by atoms with Crippen molar-refractivity contribution in [3.8, 4) is 0 Å². The molecule has 1 fully saturated rings. The van der Waals surface area contributed by atoms with Crippen LogP contribution in [0.3, 0.4) is 0 Å². The fraction of sp³-hybridized carbons (Fsp3) is 0.500. The summed E-state index contributed by atoms with van der Waals surface area (Å²) in [7, 11) is -2.98. The molecule has 0 aliphatic carbocycles. The van der Waals surface area contributed by atoms with Crippen LogP contribution in [0.1, 0.15) is 19.0 Å². The standard InChI is InChI=1S/C12H15N3O2S2/c1-8-3-4-9-10(13-8)15(11(18)14-9)12(2)5-6-19(16,17)7-12/h3-4H,5-7H2,1-2H3,(H,14,18). The summed E-state index contributed by atoms with van der Waals surface area (Å²) in [4.78, 5) is 7.61. The molecule has 2 aromatic rings. The van der Waals surface area contributed by atoms with Gasteiger partial charge >= 0.3 is 0 Å². The molecule has 102 valence electrons. The van der Waals surface area contributed by atoms with Gasteiger partial charge in [-0.25, -0.2) is 13.4 Å². The third kappa shape index (κ3) is 2.01. The first-order valence-corrected chi connectivity index (χ1v) is 8.33. The van der Waals surface area contributed by atoms with Crippen LogP contribution in [0.15, 0.2) is 12.1 Å². The normalized spacial score (nSPS) is 26.0. The van der Waals surface area contributed by atoms with Crippen LogP contribution in [0.25, 0.3) is 11.2 Å². The zero-order chi connectivity index (χ0) is 13.8. The van der Waals surface area contributed by atoms with E-state index >= 15 is 0 Å². The molecule has 3 rings (SSSR count). The van der Waals surface area contributed by atoms with Gasteiger partial charge in [0.15, 0.2) is 20.3 Å². The molecule has 0 radical (unpaired) electrons. The Morgan fingerprint density at radius 3 is 2.84 bits per heavy atom. The first-order valence-electron chi connectivity index (χ1n) is 6.10. The van der Waals surface area contributed by atoms with Crippen LogP contribution in [0, 0.1) is 11.7 Å². The second kappa shape index (κ2) is 3.89. The van der Waals surface area contributed by atoms with Crippen molar-refractivity contribution >= 4 is 33.2 Å². The van der Waals surface area contributed by atoms with E-state index in [-0.39, 0.29) is 11.5 Å². The largest absolute Gasteiger partial charge is 0.329 e. The van der Waals surface area contributed by atoms with Gasteiger partial charge in [-0.15, -0.1) is 0 Å². The molecule has 0 spiro atoms. The number of aromatic amines is 1. The summed E-state index contributed by atoms with van der Waals surface area (Å²) < 4.78 is 26.0. The lowest BCUT2D eigenvalue weighted by atomic mass is 10.0. The fourth-order valence-corrected chi connectivity index (χ4v) is 5.28. The van der Waals surface area contributed by atoms with E-state index in [4.69, 9.17) is 12.2 Å². The number of hydrogen-bond acceptors (Lipinski definition) is 4. The average Bonchev–Trinajstić information content (AvgIpc) is 2.75. The molecule has 1 N–H and O–H groups in total. The summed E-state index contributed by atoms with van der Waals surface area (Å²) in [5.41, 5.74) is 1.97. The van der Waals surface area contributed by atoms with Crippen LogP contribution in [0.4, 0.5) is 0 Å². The van der Waals surface area contributed by atoms with Crippen molar-refractivity contribution in [3.63, 3.8) is 0 Å². The van der Waals surface area contributed by atoms with Gasteiger partial charge < -0.3 is 4.98 Å². The van der Waals surface area contributed by atoms with Crippen molar-refractivity contribution in [2.75, 3.05) is 11.5 Å². The molecule has 1 saturated heterocycles. The summed E-state index contributed by atoms with van der Waals surface area (Å²) in [5.74, 6) is 0.334. The summed E-state index contributed by atoms with van der Waals surface area (Å²) in [6, 6.07) is 3.84. The summed E-state index contributed by atoms with van der Waals surface area (Å²) in [6.07, 6.45) is 0.576. The van der Waals surface area contributed by atoms with E-state index in [0.29, 0.717) is 11.2 Å². The van der Waals surface area contributed by atoms with Crippen molar-refractivity contribution < 1.29 is 8.42 Å². The minimum Gasteiger partial charge on any atom is -0.329 e. The minimum atomic E-state index is -2.98. The molecule has 1 aliphatic heterocycles. The minimum absolute atomic E-state index is 0.122. The van der Waals surface area contributed by atoms with E-state index in [1.54, 1.807) is 0 Å². The van der Waals surface area contributed by atoms with Gasteiger partial charge in [0.2, 0.25) is 0 Å². The van der Waals surface area contributed by atoms with Gasteiger partial charge in [-0.1, -0.05) is 0 Å². The highest BCUT2D eigenvalue weighted by molar-refractivity contribution is 7.91. The maximum atomic E-state index is 11.8. The Bertz CT molecular complexity index is 819.